The smallest absolute Gasteiger partial charge is 0.409 e. The number of aryl methyl sites for hydroxylation is 1. The van der Waals surface area contributed by atoms with Gasteiger partial charge in [-0.25, -0.2) is 9.48 Å². The van der Waals surface area contributed by atoms with Crippen LogP contribution in [-0.4, -0.2) is 96.4 Å². The van der Waals surface area contributed by atoms with E-state index in [-0.39, 0.29) is 35.1 Å². The summed E-state index contributed by atoms with van der Waals surface area (Å²) in [6, 6.07) is 5.03. The highest BCUT2D eigenvalue weighted by atomic mass is 32.2. The number of nitrogens with zero attached hydrogens (tertiary/aromatic N) is 6. The molecular formula is C20H22N8O7S2. The maximum Gasteiger partial charge on any atom is 0.409 e. The molecule has 0 bridgehead atoms. The number of aromatic nitrogens is 4. The molecule has 1 aromatic heterocycles. The molecule has 2 saturated heterocycles. The molecule has 37 heavy (non-hydrogen) atoms. The maximum atomic E-state index is 13.0. The molecule has 2 fully saturated rings. The van der Waals surface area contributed by atoms with Gasteiger partial charge in [0, 0.05) is 30.7 Å². The third kappa shape index (κ3) is 5.31. The van der Waals surface area contributed by atoms with Gasteiger partial charge in [-0.15, -0.1) is 16.9 Å². The summed E-state index contributed by atoms with van der Waals surface area (Å²) >= 11 is 2.46. The Labute approximate surface area is 218 Å². The molecule has 0 spiro atoms. The maximum absolute atomic E-state index is 13.0. The van der Waals surface area contributed by atoms with Gasteiger partial charge in [-0.05, 0) is 22.6 Å². The quantitative estimate of drug-likeness (QED) is 0.153. The number of carbonyl (C=O) groups is 4. The van der Waals surface area contributed by atoms with E-state index in [0.29, 0.717) is 5.16 Å². The van der Waals surface area contributed by atoms with Crippen molar-refractivity contribution in [2.24, 2.45) is 23.4 Å². The lowest BCUT2D eigenvalue weighted by molar-refractivity contribution is -0.157. The molecule has 4 rings (SSSR count). The molecule has 0 aliphatic carbocycles. The molecule has 0 radical (unpaired) electrons. The average Bonchev–Trinajstić information content (AvgIpc) is 3.28. The van der Waals surface area contributed by atoms with Gasteiger partial charge in [0.1, 0.15) is 29.7 Å². The molecular weight excluding hydrogens is 528 g/mol. The lowest BCUT2D eigenvalue weighted by Crippen LogP contribution is -2.74. The first-order valence-electron chi connectivity index (χ1n) is 10.7. The number of hydrogen-bond acceptors (Lipinski definition) is 12. The first kappa shape index (κ1) is 26.2. The van der Waals surface area contributed by atoms with Crippen LogP contribution in [0.3, 0.4) is 0 Å². The van der Waals surface area contributed by atoms with E-state index in [1.165, 1.54) is 58.4 Å². The number of benzene rings is 1. The van der Waals surface area contributed by atoms with Crippen LogP contribution in [0.2, 0.25) is 0 Å². The fourth-order valence-electron chi connectivity index (χ4n) is 3.80. The number of thioether (sulfide) groups is 2. The molecule has 3 heterocycles. The predicted molar refractivity (Wildman–Crippen MR) is 130 cm³/mol. The van der Waals surface area contributed by atoms with Gasteiger partial charge in [-0.1, -0.05) is 29.1 Å². The van der Waals surface area contributed by atoms with Gasteiger partial charge in [0.25, 0.3) is 5.91 Å². The number of nitrogens with one attached hydrogen (secondary N) is 1. The number of rotatable bonds is 9. The summed E-state index contributed by atoms with van der Waals surface area (Å²) in [4.78, 5) is 55.5. The summed E-state index contributed by atoms with van der Waals surface area (Å²) in [6.07, 6.45) is -1.02. The zero-order valence-corrected chi connectivity index (χ0v) is 21.2. The number of tetrazole rings is 1. The third-order valence-electron chi connectivity index (χ3n) is 5.67. The second kappa shape index (κ2) is 10.6. The van der Waals surface area contributed by atoms with Crippen molar-refractivity contribution >= 4 is 53.1 Å². The molecule has 2 aromatic rings. The summed E-state index contributed by atoms with van der Waals surface area (Å²) in [5.74, 6) is -1.68. The Bertz CT molecular complexity index is 1270. The lowest BCUT2D eigenvalue weighted by Gasteiger charge is -2.53. The topological polar surface area (TPSA) is 204 Å². The number of carbonyl (C=O) groups excluding carboxylic acids is 3. The molecule has 3 amide bonds. The van der Waals surface area contributed by atoms with E-state index in [1.807, 2.05) is 0 Å². The molecule has 196 valence electrons. The Morgan fingerprint density at radius 3 is 2.84 bits per heavy atom. The number of ether oxygens (including phenoxy) is 1. The van der Waals surface area contributed by atoms with Crippen molar-refractivity contribution in [3.63, 3.8) is 0 Å². The number of oxime groups is 1. The van der Waals surface area contributed by atoms with Crippen LogP contribution in [0.15, 0.2) is 34.6 Å². The predicted octanol–water partition coefficient (Wildman–Crippen LogP) is -0.719. The van der Waals surface area contributed by atoms with Crippen LogP contribution in [-0.2, 0) is 26.3 Å². The van der Waals surface area contributed by atoms with E-state index in [4.69, 9.17) is 15.3 Å². The van der Waals surface area contributed by atoms with Crippen molar-refractivity contribution < 1.29 is 33.9 Å². The minimum absolute atomic E-state index is 0.0188. The zero-order chi connectivity index (χ0) is 26.7. The molecule has 4 N–H and O–H groups in total. The normalized spacial score (nSPS) is 23.0. The van der Waals surface area contributed by atoms with E-state index >= 15 is 0 Å². The van der Waals surface area contributed by atoms with E-state index in [9.17, 15) is 24.3 Å². The van der Waals surface area contributed by atoms with Gasteiger partial charge in [0.05, 0.1) is 0 Å². The van der Waals surface area contributed by atoms with Crippen molar-refractivity contribution in [1.82, 2.24) is 30.4 Å². The number of fused-ring (bicyclic) bond motifs is 1. The summed E-state index contributed by atoms with van der Waals surface area (Å²) < 4.78 is 6.28. The summed E-state index contributed by atoms with van der Waals surface area (Å²) in [5, 5.41) is 27.6. The van der Waals surface area contributed by atoms with Gasteiger partial charge in [0.15, 0.2) is 5.71 Å². The van der Waals surface area contributed by atoms with Crippen molar-refractivity contribution in [3.05, 3.63) is 29.8 Å². The van der Waals surface area contributed by atoms with Gasteiger partial charge in [-0.2, -0.15) is 0 Å². The van der Waals surface area contributed by atoms with Gasteiger partial charge >= 0.3 is 12.1 Å². The molecule has 2 aliphatic rings. The molecule has 2 aliphatic heterocycles. The van der Waals surface area contributed by atoms with E-state index in [1.54, 1.807) is 13.1 Å². The van der Waals surface area contributed by atoms with Crippen LogP contribution in [0, 0.1) is 5.41 Å². The Morgan fingerprint density at radius 2 is 2.19 bits per heavy atom. The monoisotopic (exact) mass is 550 g/mol. The standard InChI is InChI=1S/C20H22N8O7S2/c1-27-19(23-25-26-27)37-9-20(17(31)32)7-28-15(30)13(16(28)36-8-20)22-14(29)12(24-34-2)10-4-3-5-11(6-10)35-18(21)33/h3-6,13,16H,7-9H2,1-2H3,(H2,21,33)(H,22,29)(H,31,32)/t13?,16-,20?/m1/s1. The Morgan fingerprint density at radius 1 is 1.41 bits per heavy atom. The van der Waals surface area contributed by atoms with Crippen molar-refractivity contribution in [2.75, 3.05) is 25.2 Å². The van der Waals surface area contributed by atoms with Crippen LogP contribution in [0.1, 0.15) is 5.56 Å². The highest BCUT2D eigenvalue weighted by Gasteiger charge is 2.57. The minimum Gasteiger partial charge on any atom is -0.481 e. The highest BCUT2D eigenvalue weighted by molar-refractivity contribution is 8.00. The van der Waals surface area contributed by atoms with Crippen LogP contribution in [0.5, 0.6) is 5.75 Å². The highest BCUT2D eigenvalue weighted by Crippen LogP contribution is 2.44. The van der Waals surface area contributed by atoms with Gasteiger partial charge < -0.3 is 30.6 Å². The number of hydrogen-bond donors (Lipinski definition) is 3. The Kier molecular flexibility index (Phi) is 7.53. The summed E-state index contributed by atoms with van der Waals surface area (Å²) in [6.45, 7) is -0.0188. The fourth-order valence-corrected chi connectivity index (χ4v) is 6.51. The van der Waals surface area contributed by atoms with Crippen LogP contribution in [0.4, 0.5) is 4.79 Å². The molecule has 0 saturated carbocycles. The van der Waals surface area contributed by atoms with Crippen molar-refractivity contribution in [2.45, 2.75) is 16.6 Å². The number of aliphatic carboxylic acids is 1. The second-order valence-electron chi connectivity index (χ2n) is 8.15. The number of carboxylic acids is 1. The van der Waals surface area contributed by atoms with Crippen LogP contribution >= 0.6 is 23.5 Å². The second-order valence-corrected chi connectivity index (χ2v) is 10.2. The fraction of sp³-hybridized carbons (Fsp3) is 0.400. The van der Waals surface area contributed by atoms with Gasteiger partial charge in [-0.3, -0.25) is 14.4 Å². The van der Waals surface area contributed by atoms with E-state index in [0.717, 1.165) is 0 Å². The number of amides is 3. The van der Waals surface area contributed by atoms with E-state index < -0.39 is 40.7 Å². The number of β-lactam (4-membered cyclic amide) rings is 1. The zero-order valence-electron chi connectivity index (χ0n) is 19.6. The number of primary amides is 1. The molecule has 2 unspecified atom stereocenters. The molecule has 1 aromatic carbocycles. The Balaban J connectivity index is 1.44. The molecule has 15 nitrogen and oxygen atoms in total. The first-order valence-corrected chi connectivity index (χ1v) is 12.7. The average molecular weight is 551 g/mol. The lowest BCUT2D eigenvalue weighted by atomic mass is 9.89. The van der Waals surface area contributed by atoms with Crippen LogP contribution < -0.4 is 15.8 Å². The van der Waals surface area contributed by atoms with Crippen molar-refractivity contribution in [3.8, 4) is 5.75 Å². The third-order valence-corrected chi connectivity index (χ3v) is 8.56. The SMILES string of the molecule is CON=C(C(=O)NC1C(=O)N2CC(CSc3nnnn3C)(C(=O)O)CS[C@H]12)c1cccc(OC(N)=O)c1. The van der Waals surface area contributed by atoms with Crippen LogP contribution in [0.25, 0.3) is 0 Å². The largest absolute Gasteiger partial charge is 0.481 e. The summed E-state index contributed by atoms with van der Waals surface area (Å²) in [7, 11) is 2.90. The molecule has 3 atom stereocenters. The Hall–Kier alpha value is -3.86. The van der Waals surface area contributed by atoms with Crippen molar-refractivity contribution in [1.29, 1.82) is 0 Å². The van der Waals surface area contributed by atoms with Gasteiger partial charge in [0.2, 0.25) is 11.1 Å². The molecule has 17 heteroatoms. The number of nitrogens with two attached hydrogens (primary N) is 1. The van der Waals surface area contributed by atoms with E-state index in [2.05, 4.69) is 26.0 Å². The summed E-state index contributed by atoms with van der Waals surface area (Å²) in [5.41, 5.74) is 3.93. The number of carboxylic acid groups (broad SMARTS) is 1. The minimum atomic E-state index is -1.22. The first-order chi connectivity index (χ1) is 17.6.